The molecule has 20 heavy (non-hydrogen) atoms. The normalized spacial score (nSPS) is 11.2. The molecule has 4 nitrogen and oxygen atoms in total. The molecule has 0 atom stereocenters. The van der Waals surface area contributed by atoms with Crippen molar-refractivity contribution in [3.8, 4) is 0 Å². The van der Waals surface area contributed by atoms with E-state index in [1.54, 1.807) is 11.3 Å². The summed E-state index contributed by atoms with van der Waals surface area (Å²) in [6.45, 7) is 9.20. The Morgan fingerprint density at radius 1 is 1.30 bits per heavy atom. The summed E-state index contributed by atoms with van der Waals surface area (Å²) in [5.74, 6) is 0. The molecular formula is C15H22N2O2S. The molecule has 110 valence electrons. The van der Waals surface area contributed by atoms with Crippen molar-refractivity contribution in [2.75, 3.05) is 37.8 Å². The number of hydrogen-bond donors (Lipinski definition) is 1. The first-order valence-corrected chi connectivity index (χ1v) is 7.78. The SMILES string of the molecule is CCN(CCOCCO)c1cc2sc(C)nc2cc1C. The molecule has 5 heteroatoms. The van der Waals surface area contributed by atoms with Gasteiger partial charge in [0.05, 0.1) is 35.0 Å². The van der Waals surface area contributed by atoms with Gasteiger partial charge in [-0.3, -0.25) is 0 Å². The second-order valence-corrected chi connectivity index (χ2v) is 5.99. The van der Waals surface area contributed by atoms with Gasteiger partial charge in [-0.2, -0.15) is 0 Å². The van der Waals surface area contributed by atoms with E-state index >= 15 is 0 Å². The maximum Gasteiger partial charge on any atom is 0.0907 e. The molecule has 0 bridgehead atoms. The lowest BCUT2D eigenvalue weighted by atomic mass is 10.1. The van der Waals surface area contributed by atoms with Crippen LogP contribution < -0.4 is 4.90 Å². The van der Waals surface area contributed by atoms with E-state index in [0.29, 0.717) is 13.2 Å². The van der Waals surface area contributed by atoms with Crippen molar-refractivity contribution in [1.82, 2.24) is 4.98 Å². The second-order valence-electron chi connectivity index (χ2n) is 4.75. The molecule has 0 saturated heterocycles. The van der Waals surface area contributed by atoms with Crippen molar-refractivity contribution in [3.63, 3.8) is 0 Å². The molecule has 1 heterocycles. The van der Waals surface area contributed by atoms with Crippen molar-refractivity contribution in [1.29, 1.82) is 0 Å². The lowest BCUT2D eigenvalue weighted by Crippen LogP contribution is -2.28. The molecule has 0 aliphatic heterocycles. The Labute approximate surface area is 124 Å². The van der Waals surface area contributed by atoms with Crippen molar-refractivity contribution in [2.45, 2.75) is 20.8 Å². The smallest absolute Gasteiger partial charge is 0.0907 e. The third-order valence-electron chi connectivity index (χ3n) is 3.28. The molecule has 1 N–H and O–H groups in total. The Balaban J connectivity index is 2.17. The predicted molar refractivity (Wildman–Crippen MR) is 84.9 cm³/mol. The zero-order valence-corrected chi connectivity index (χ0v) is 13.2. The lowest BCUT2D eigenvalue weighted by molar-refractivity contribution is 0.0967. The minimum atomic E-state index is 0.0806. The van der Waals surface area contributed by atoms with Gasteiger partial charge in [0.1, 0.15) is 0 Å². The summed E-state index contributed by atoms with van der Waals surface area (Å²) in [7, 11) is 0. The Hall–Kier alpha value is -1.17. The molecule has 0 unspecified atom stereocenters. The van der Waals surface area contributed by atoms with E-state index in [1.807, 2.05) is 6.92 Å². The number of hydrogen-bond acceptors (Lipinski definition) is 5. The second kappa shape index (κ2) is 7.02. The van der Waals surface area contributed by atoms with Crippen LogP contribution in [0, 0.1) is 13.8 Å². The summed E-state index contributed by atoms with van der Waals surface area (Å²) in [6, 6.07) is 4.39. The highest BCUT2D eigenvalue weighted by Gasteiger charge is 2.11. The number of benzene rings is 1. The lowest BCUT2D eigenvalue weighted by Gasteiger charge is -2.25. The number of thiazole rings is 1. The van der Waals surface area contributed by atoms with Crippen LogP contribution in [0.1, 0.15) is 17.5 Å². The predicted octanol–water partition coefficient (Wildman–Crippen LogP) is 2.75. The number of nitrogens with zero attached hydrogens (tertiary/aromatic N) is 2. The van der Waals surface area contributed by atoms with Crippen LogP contribution in [0.3, 0.4) is 0 Å². The largest absolute Gasteiger partial charge is 0.394 e. The molecule has 0 spiro atoms. The standard InChI is InChI=1S/C15H22N2O2S/c1-4-17(5-7-19-8-6-18)14-10-15-13(9-11(14)2)16-12(3)20-15/h9-10,18H,4-8H2,1-3H3. The van der Waals surface area contributed by atoms with Gasteiger partial charge in [0.15, 0.2) is 0 Å². The number of fused-ring (bicyclic) bond motifs is 1. The Morgan fingerprint density at radius 2 is 2.10 bits per heavy atom. The minimum absolute atomic E-state index is 0.0806. The van der Waals surface area contributed by atoms with Crippen molar-refractivity contribution in [3.05, 3.63) is 22.7 Å². The molecule has 2 rings (SSSR count). The van der Waals surface area contributed by atoms with Crippen molar-refractivity contribution >= 4 is 27.2 Å². The van der Waals surface area contributed by atoms with Gasteiger partial charge in [-0.15, -0.1) is 11.3 Å². The fraction of sp³-hybridized carbons (Fsp3) is 0.533. The average molecular weight is 294 g/mol. The first-order valence-electron chi connectivity index (χ1n) is 6.97. The van der Waals surface area contributed by atoms with Crippen molar-refractivity contribution < 1.29 is 9.84 Å². The van der Waals surface area contributed by atoms with Gasteiger partial charge in [0.25, 0.3) is 0 Å². The van der Waals surface area contributed by atoms with Crippen LogP contribution in [0.15, 0.2) is 12.1 Å². The molecule has 0 saturated carbocycles. The summed E-state index contributed by atoms with van der Waals surface area (Å²) in [5.41, 5.74) is 3.57. The average Bonchev–Trinajstić information content (AvgIpc) is 2.77. The third-order valence-corrected chi connectivity index (χ3v) is 4.21. The molecule has 1 aromatic heterocycles. The number of ether oxygens (including phenoxy) is 1. The number of rotatable bonds is 7. The van der Waals surface area contributed by atoms with Crippen LogP contribution in [0.2, 0.25) is 0 Å². The molecule has 1 aromatic carbocycles. The fourth-order valence-electron chi connectivity index (χ4n) is 2.31. The summed E-state index contributed by atoms with van der Waals surface area (Å²) in [5, 5.41) is 9.83. The monoisotopic (exact) mass is 294 g/mol. The zero-order chi connectivity index (χ0) is 14.5. The topological polar surface area (TPSA) is 45.6 Å². The number of aliphatic hydroxyl groups excluding tert-OH is 1. The number of aliphatic hydroxyl groups is 1. The van der Waals surface area contributed by atoms with Crippen LogP contribution in [0.4, 0.5) is 5.69 Å². The van der Waals surface area contributed by atoms with Crippen LogP contribution >= 0.6 is 11.3 Å². The highest BCUT2D eigenvalue weighted by molar-refractivity contribution is 7.18. The maximum atomic E-state index is 8.73. The summed E-state index contributed by atoms with van der Waals surface area (Å²) >= 11 is 1.73. The molecule has 0 radical (unpaired) electrons. The highest BCUT2D eigenvalue weighted by Crippen LogP contribution is 2.30. The van der Waals surface area contributed by atoms with Crippen LogP contribution in [0.25, 0.3) is 10.2 Å². The van der Waals surface area contributed by atoms with E-state index in [-0.39, 0.29) is 6.61 Å². The van der Waals surface area contributed by atoms with Gasteiger partial charge in [-0.25, -0.2) is 4.98 Å². The molecular weight excluding hydrogens is 272 g/mol. The molecule has 0 amide bonds. The Kier molecular flexibility index (Phi) is 5.34. The first-order chi connectivity index (χ1) is 9.65. The quantitative estimate of drug-likeness (QED) is 0.798. The third kappa shape index (κ3) is 3.48. The van der Waals surface area contributed by atoms with Gasteiger partial charge in [0, 0.05) is 18.8 Å². The maximum absolute atomic E-state index is 8.73. The van der Waals surface area contributed by atoms with Crippen molar-refractivity contribution in [2.24, 2.45) is 0 Å². The highest BCUT2D eigenvalue weighted by atomic mass is 32.1. The van der Waals surface area contributed by atoms with Crippen LogP contribution in [-0.2, 0) is 4.74 Å². The van der Waals surface area contributed by atoms with E-state index in [4.69, 9.17) is 9.84 Å². The number of aromatic nitrogens is 1. The molecule has 0 aliphatic rings. The number of aryl methyl sites for hydroxylation is 2. The van der Waals surface area contributed by atoms with E-state index in [1.165, 1.54) is 16.0 Å². The zero-order valence-electron chi connectivity index (χ0n) is 12.3. The summed E-state index contributed by atoms with van der Waals surface area (Å²) in [4.78, 5) is 6.84. The number of anilines is 1. The van der Waals surface area contributed by atoms with E-state index in [0.717, 1.165) is 23.6 Å². The number of likely N-dealkylation sites (N-methyl/N-ethyl adjacent to an activating group) is 1. The van der Waals surface area contributed by atoms with Gasteiger partial charge in [-0.05, 0) is 38.5 Å². The fourth-order valence-corrected chi connectivity index (χ4v) is 3.16. The van der Waals surface area contributed by atoms with E-state index < -0.39 is 0 Å². The summed E-state index contributed by atoms with van der Waals surface area (Å²) < 4.78 is 6.60. The van der Waals surface area contributed by atoms with Gasteiger partial charge in [0.2, 0.25) is 0 Å². The van der Waals surface area contributed by atoms with Gasteiger partial charge < -0.3 is 14.7 Å². The Bertz CT molecular complexity index is 568. The van der Waals surface area contributed by atoms with Gasteiger partial charge >= 0.3 is 0 Å². The first kappa shape index (κ1) is 15.2. The minimum Gasteiger partial charge on any atom is -0.394 e. The van der Waals surface area contributed by atoms with Crippen LogP contribution in [0.5, 0.6) is 0 Å². The molecule has 0 fully saturated rings. The molecule has 0 aliphatic carbocycles. The van der Waals surface area contributed by atoms with E-state index in [2.05, 4.69) is 35.9 Å². The molecule has 2 aromatic rings. The summed E-state index contributed by atoms with van der Waals surface area (Å²) in [6.07, 6.45) is 0. The Morgan fingerprint density at radius 3 is 2.80 bits per heavy atom. The van der Waals surface area contributed by atoms with E-state index in [9.17, 15) is 0 Å². The van der Waals surface area contributed by atoms with Crippen LogP contribution in [-0.4, -0.2) is 43.0 Å². The van der Waals surface area contributed by atoms with Gasteiger partial charge in [-0.1, -0.05) is 0 Å².